The number of carbonyl (C=O) groups excluding carboxylic acids is 2. The van der Waals surface area contributed by atoms with Gasteiger partial charge in [-0.1, -0.05) is 30.3 Å². The number of para-hydroxylation sites is 1. The van der Waals surface area contributed by atoms with E-state index in [-0.39, 0.29) is 22.6 Å². The molecule has 5 nitrogen and oxygen atoms in total. The topological polar surface area (TPSA) is 70.8 Å². The number of ketones is 1. The molecule has 1 unspecified atom stereocenters. The highest BCUT2D eigenvalue weighted by molar-refractivity contribution is 6.20. The molecule has 0 radical (unpaired) electrons. The number of halogens is 4. The quantitative estimate of drug-likeness (QED) is 0.272. The summed E-state index contributed by atoms with van der Waals surface area (Å²) >= 11 is 0. The molecule has 1 aliphatic rings. The first-order valence-corrected chi connectivity index (χ1v) is 10.4. The van der Waals surface area contributed by atoms with Gasteiger partial charge in [-0.2, -0.15) is 13.2 Å². The van der Waals surface area contributed by atoms with Crippen molar-refractivity contribution in [3.05, 3.63) is 113 Å². The molecule has 0 aliphatic carbocycles. The minimum atomic E-state index is -4.59. The van der Waals surface area contributed by atoms with Gasteiger partial charge in [0.15, 0.2) is 11.5 Å². The number of hydrogen-bond donors (Lipinski definition) is 1. The van der Waals surface area contributed by atoms with Crippen LogP contribution in [-0.4, -0.2) is 16.8 Å². The van der Waals surface area contributed by atoms with Crippen LogP contribution >= 0.6 is 0 Å². The van der Waals surface area contributed by atoms with Crippen LogP contribution in [0, 0.1) is 5.82 Å². The first kappa shape index (κ1) is 22.4. The van der Waals surface area contributed by atoms with E-state index in [0.29, 0.717) is 11.0 Å². The van der Waals surface area contributed by atoms with Crippen molar-refractivity contribution >= 4 is 28.3 Å². The van der Waals surface area contributed by atoms with Gasteiger partial charge in [-0.15, -0.1) is 0 Å². The number of nitrogens with zero attached hydrogens (tertiary/aromatic N) is 1. The summed E-state index contributed by atoms with van der Waals surface area (Å²) in [6, 6.07) is 15.7. The van der Waals surface area contributed by atoms with E-state index < -0.39 is 41.0 Å². The highest BCUT2D eigenvalue weighted by Gasteiger charge is 2.45. The standard InChI is InChI=1S/C26H15F4NO4/c27-17-9-5-14(6-10-17)22-21(23(32)20-13-15-3-1-2-4-19(15)35-20)24(33)25(34)31(22)18-11-7-16(8-12-18)26(28,29)30/h1-13,22,33H. The van der Waals surface area contributed by atoms with Gasteiger partial charge in [0.1, 0.15) is 11.4 Å². The molecule has 0 fully saturated rings. The Morgan fingerprint density at radius 3 is 2.23 bits per heavy atom. The van der Waals surface area contributed by atoms with Gasteiger partial charge in [0.2, 0.25) is 5.78 Å². The molecule has 0 spiro atoms. The zero-order chi connectivity index (χ0) is 24.9. The van der Waals surface area contributed by atoms with Crippen LogP contribution < -0.4 is 4.90 Å². The summed E-state index contributed by atoms with van der Waals surface area (Å²) in [4.78, 5) is 27.6. The van der Waals surface area contributed by atoms with Gasteiger partial charge in [0, 0.05) is 11.1 Å². The maximum Gasteiger partial charge on any atom is 0.416 e. The van der Waals surface area contributed by atoms with E-state index in [1.54, 1.807) is 24.3 Å². The average Bonchev–Trinajstić information content (AvgIpc) is 3.38. The Morgan fingerprint density at radius 2 is 1.60 bits per heavy atom. The van der Waals surface area contributed by atoms with Gasteiger partial charge in [-0.25, -0.2) is 4.39 Å². The van der Waals surface area contributed by atoms with Crippen LogP contribution in [0.15, 0.2) is 94.6 Å². The van der Waals surface area contributed by atoms with Crippen molar-refractivity contribution in [2.24, 2.45) is 0 Å². The smallest absolute Gasteiger partial charge is 0.416 e. The molecule has 0 saturated heterocycles. The van der Waals surface area contributed by atoms with Crippen LogP contribution in [0.3, 0.4) is 0 Å². The highest BCUT2D eigenvalue weighted by atomic mass is 19.4. The predicted molar refractivity (Wildman–Crippen MR) is 118 cm³/mol. The molecule has 0 saturated carbocycles. The van der Waals surface area contributed by atoms with Crippen molar-refractivity contribution < 1.29 is 36.7 Å². The molecule has 1 aromatic heterocycles. The Kier molecular flexibility index (Phi) is 5.20. The van der Waals surface area contributed by atoms with Crippen molar-refractivity contribution in [3.63, 3.8) is 0 Å². The largest absolute Gasteiger partial charge is 0.503 e. The van der Waals surface area contributed by atoms with Gasteiger partial charge < -0.3 is 9.52 Å². The van der Waals surface area contributed by atoms with E-state index in [0.717, 1.165) is 41.3 Å². The minimum Gasteiger partial charge on any atom is -0.503 e. The number of furan rings is 1. The Balaban J connectivity index is 1.63. The van der Waals surface area contributed by atoms with E-state index in [1.807, 2.05) is 0 Å². The summed E-state index contributed by atoms with van der Waals surface area (Å²) in [6.45, 7) is 0. The van der Waals surface area contributed by atoms with Gasteiger partial charge in [0.05, 0.1) is 17.2 Å². The van der Waals surface area contributed by atoms with Crippen molar-refractivity contribution in [2.75, 3.05) is 4.90 Å². The zero-order valence-electron chi connectivity index (χ0n) is 17.7. The number of benzene rings is 3. The third-order valence-electron chi connectivity index (χ3n) is 5.76. The number of aliphatic hydroxyl groups excluding tert-OH is 1. The predicted octanol–water partition coefficient (Wildman–Crippen LogP) is 6.37. The third-order valence-corrected chi connectivity index (χ3v) is 5.76. The van der Waals surface area contributed by atoms with E-state index in [1.165, 1.54) is 18.2 Å². The lowest BCUT2D eigenvalue weighted by atomic mass is 9.94. The second-order valence-electron chi connectivity index (χ2n) is 7.91. The van der Waals surface area contributed by atoms with Crippen LogP contribution in [0.2, 0.25) is 0 Å². The lowest BCUT2D eigenvalue weighted by Crippen LogP contribution is -2.31. The number of Topliss-reactive ketones (excluding diaryl/α,β-unsaturated/α-hetero) is 1. The molecule has 1 N–H and O–H groups in total. The fraction of sp³-hybridized carbons (Fsp3) is 0.0769. The van der Waals surface area contributed by atoms with E-state index in [4.69, 9.17) is 4.42 Å². The molecular weight excluding hydrogens is 466 g/mol. The Bertz CT molecular complexity index is 1450. The highest BCUT2D eigenvalue weighted by Crippen LogP contribution is 2.43. The van der Waals surface area contributed by atoms with E-state index in [9.17, 15) is 32.3 Å². The van der Waals surface area contributed by atoms with Crippen LogP contribution in [-0.2, 0) is 11.0 Å². The first-order valence-electron chi connectivity index (χ1n) is 10.4. The van der Waals surface area contributed by atoms with Crippen LogP contribution in [0.4, 0.5) is 23.2 Å². The van der Waals surface area contributed by atoms with Crippen molar-refractivity contribution in [1.29, 1.82) is 0 Å². The van der Waals surface area contributed by atoms with Crippen LogP contribution in [0.25, 0.3) is 11.0 Å². The fourth-order valence-electron chi connectivity index (χ4n) is 4.10. The number of anilines is 1. The molecule has 176 valence electrons. The number of hydrogen-bond acceptors (Lipinski definition) is 4. The molecular formula is C26H15F4NO4. The van der Waals surface area contributed by atoms with E-state index >= 15 is 0 Å². The second kappa shape index (κ2) is 8.12. The molecule has 5 rings (SSSR count). The number of aliphatic hydroxyl groups is 1. The summed E-state index contributed by atoms with van der Waals surface area (Å²) in [5.41, 5.74) is -0.569. The number of alkyl halides is 3. The summed E-state index contributed by atoms with van der Waals surface area (Å²) in [5.74, 6) is -3.35. The van der Waals surface area contributed by atoms with Crippen LogP contribution in [0.5, 0.6) is 0 Å². The number of rotatable bonds is 4. The molecule has 2 heterocycles. The molecule has 4 aromatic rings. The van der Waals surface area contributed by atoms with Gasteiger partial charge in [0.25, 0.3) is 5.91 Å². The lowest BCUT2D eigenvalue weighted by molar-refractivity contribution is -0.137. The maximum atomic E-state index is 13.6. The second-order valence-corrected chi connectivity index (χ2v) is 7.91. The van der Waals surface area contributed by atoms with Gasteiger partial charge in [-0.3, -0.25) is 14.5 Å². The van der Waals surface area contributed by atoms with Crippen molar-refractivity contribution in [3.8, 4) is 0 Å². The SMILES string of the molecule is O=C(C1=C(O)C(=O)N(c2ccc(C(F)(F)F)cc2)C1c1ccc(F)cc1)c1cc2ccccc2o1. The number of fused-ring (bicyclic) bond motifs is 1. The molecule has 1 amide bonds. The van der Waals surface area contributed by atoms with Crippen molar-refractivity contribution in [2.45, 2.75) is 12.2 Å². The summed E-state index contributed by atoms with van der Waals surface area (Å²) in [6.07, 6.45) is -4.59. The summed E-state index contributed by atoms with van der Waals surface area (Å²) in [5, 5.41) is 11.4. The lowest BCUT2D eigenvalue weighted by Gasteiger charge is -2.27. The van der Waals surface area contributed by atoms with Crippen LogP contribution in [0.1, 0.15) is 27.7 Å². The number of carbonyl (C=O) groups is 2. The Labute approximate surface area is 195 Å². The normalized spacial score (nSPS) is 16.4. The van der Waals surface area contributed by atoms with Crippen molar-refractivity contribution in [1.82, 2.24) is 0 Å². The molecule has 3 aromatic carbocycles. The summed E-state index contributed by atoms with van der Waals surface area (Å²) < 4.78 is 58.3. The Morgan fingerprint density at radius 1 is 0.943 bits per heavy atom. The zero-order valence-corrected chi connectivity index (χ0v) is 17.7. The number of amides is 1. The summed E-state index contributed by atoms with van der Waals surface area (Å²) in [7, 11) is 0. The molecule has 35 heavy (non-hydrogen) atoms. The molecule has 1 atom stereocenters. The third kappa shape index (κ3) is 3.84. The molecule has 9 heteroatoms. The maximum absolute atomic E-state index is 13.6. The fourth-order valence-corrected chi connectivity index (χ4v) is 4.10. The van der Waals surface area contributed by atoms with Gasteiger partial charge >= 0.3 is 6.18 Å². The van der Waals surface area contributed by atoms with Gasteiger partial charge in [-0.05, 0) is 54.1 Å². The first-order chi connectivity index (χ1) is 16.6. The van der Waals surface area contributed by atoms with E-state index in [2.05, 4.69) is 0 Å². The molecule has 1 aliphatic heterocycles. The Hall–Kier alpha value is -4.40. The minimum absolute atomic E-state index is 0.0104. The average molecular weight is 481 g/mol. The molecule has 0 bridgehead atoms. The monoisotopic (exact) mass is 481 g/mol.